The van der Waals surface area contributed by atoms with E-state index in [0.717, 1.165) is 0 Å². The van der Waals surface area contributed by atoms with Gasteiger partial charge in [0.15, 0.2) is 0 Å². The first-order valence-corrected chi connectivity index (χ1v) is 13.1. The Kier molecular flexibility index (Phi) is 7.70. The lowest BCUT2D eigenvalue weighted by atomic mass is 9.84. The zero-order valence-corrected chi connectivity index (χ0v) is 21.6. The number of ether oxygens (including phenoxy) is 1. The summed E-state index contributed by atoms with van der Waals surface area (Å²) in [6, 6.07) is 31.7. The number of carbonyl (C=O) groups excluding carboxylic acids is 1. The van der Waals surface area contributed by atoms with E-state index < -0.39 is 15.9 Å². The van der Waals surface area contributed by atoms with Gasteiger partial charge in [-0.25, -0.2) is 0 Å². The summed E-state index contributed by atoms with van der Waals surface area (Å²) in [6.07, 6.45) is 0.912. The van der Waals surface area contributed by atoms with Crippen LogP contribution in [0.4, 0.5) is 0 Å². The molecule has 2 atom stereocenters. The molecule has 4 nitrogen and oxygen atoms in total. The van der Waals surface area contributed by atoms with Gasteiger partial charge < -0.3 is 15.2 Å². The van der Waals surface area contributed by atoms with Gasteiger partial charge in [-0.2, -0.15) is 0 Å². The molecule has 3 aromatic rings. The predicted octanol–water partition coefficient (Wildman–Crippen LogP) is 5.54. The molecule has 1 aliphatic heterocycles. The van der Waals surface area contributed by atoms with Crippen molar-refractivity contribution in [2.24, 2.45) is 0 Å². The summed E-state index contributed by atoms with van der Waals surface area (Å²) in [4.78, 5) is 13.3. The van der Waals surface area contributed by atoms with Crippen LogP contribution in [0.1, 0.15) is 50.3 Å². The molecule has 0 amide bonds. The molecule has 0 aliphatic carbocycles. The van der Waals surface area contributed by atoms with Gasteiger partial charge in [-0.3, -0.25) is 4.79 Å². The minimum Gasteiger partial charge on any atom is -0.459 e. The fraction of sp³-hybridized carbons (Fsp3) is 0.367. The Labute approximate surface area is 213 Å². The zero-order valence-electron chi connectivity index (χ0n) is 20.7. The predicted molar refractivity (Wildman–Crippen MR) is 143 cm³/mol. The van der Waals surface area contributed by atoms with Crippen LogP contribution in [0.15, 0.2) is 91.0 Å². The summed E-state index contributed by atoms with van der Waals surface area (Å²) in [6.45, 7) is 6.21. The highest BCUT2D eigenvalue weighted by Gasteiger charge is 2.50. The molecule has 0 spiro atoms. The lowest BCUT2D eigenvalue weighted by molar-refractivity contribution is -0.163. The highest BCUT2D eigenvalue weighted by atomic mass is 32.2. The summed E-state index contributed by atoms with van der Waals surface area (Å²) >= 11 is 1.87. The van der Waals surface area contributed by atoms with E-state index >= 15 is 0 Å². The van der Waals surface area contributed by atoms with E-state index in [1.54, 1.807) is 0 Å². The lowest BCUT2D eigenvalue weighted by Gasteiger charge is -2.38. The Balaban J connectivity index is 1.77. The summed E-state index contributed by atoms with van der Waals surface area (Å²) in [5, 5.41) is 13.4. The van der Waals surface area contributed by atoms with Crippen LogP contribution >= 0.6 is 11.8 Å². The standard InChI is InChI=1S/C30H35NO3S/c1-28(2,3)34-27(33)29(19-20-32)21-26(22-31-29)35-30(23-13-7-4-8-14-23,24-15-9-5-10-16-24)25-17-11-6-12-18-25/h4-18,26,31-32H,19-22H2,1-3H3/t26-,29-/m0/s1. The molecule has 3 aromatic carbocycles. The minimum absolute atomic E-state index is 0.0785. The summed E-state index contributed by atoms with van der Waals surface area (Å²) in [5.74, 6) is -0.285. The number of esters is 1. The number of hydrogen-bond acceptors (Lipinski definition) is 5. The van der Waals surface area contributed by atoms with Crippen LogP contribution in [-0.2, 0) is 14.3 Å². The third kappa shape index (κ3) is 5.48. The zero-order chi connectivity index (χ0) is 24.9. The van der Waals surface area contributed by atoms with Gasteiger partial charge in [0.25, 0.3) is 0 Å². The Hall–Kier alpha value is -2.60. The van der Waals surface area contributed by atoms with Gasteiger partial charge in [0.1, 0.15) is 11.1 Å². The molecule has 0 bridgehead atoms. The normalized spacial score (nSPS) is 20.5. The van der Waals surface area contributed by atoms with E-state index in [1.165, 1.54) is 16.7 Å². The number of aliphatic hydroxyl groups is 1. The molecule has 0 radical (unpaired) electrons. The Bertz CT molecular complexity index is 1000. The molecule has 2 N–H and O–H groups in total. The Morgan fingerprint density at radius 2 is 1.37 bits per heavy atom. The Morgan fingerprint density at radius 3 is 1.77 bits per heavy atom. The molecule has 4 rings (SSSR count). The molecule has 1 saturated heterocycles. The van der Waals surface area contributed by atoms with Crippen LogP contribution < -0.4 is 5.32 Å². The summed E-state index contributed by atoms with van der Waals surface area (Å²) in [5.41, 5.74) is 2.10. The summed E-state index contributed by atoms with van der Waals surface area (Å²) in [7, 11) is 0. The van der Waals surface area contributed by atoms with Crippen molar-refractivity contribution in [1.29, 1.82) is 0 Å². The van der Waals surface area contributed by atoms with Gasteiger partial charge in [-0.05, 0) is 50.3 Å². The maximum Gasteiger partial charge on any atom is 0.326 e. The van der Waals surface area contributed by atoms with Gasteiger partial charge in [-0.1, -0.05) is 91.0 Å². The number of rotatable bonds is 8. The molecule has 1 heterocycles. The molecular weight excluding hydrogens is 454 g/mol. The Morgan fingerprint density at radius 1 is 0.914 bits per heavy atom. The average molecular weight is 490 g/mol. The molecule has 0 unspecified atom stereocenters. The second-order valence-electron chi connectivity index (χ2n) is 10.2. The fourth-order valence-electron chi connectivity index (χ4n) is 4.91. The van der Waals surface area contributed by atoms with E-state index in [9.17, 15) is 9.90 Å². The van der Waals surface area contributed by atoms with Crippen molar-refractivity contribution in [3.8, 4) is 0 Å². The van der Waals surface area contributed by atoms with Gasteiger partial charge in [0.05, 0.1) is 4.75 Å². The topological polar surface area (TPSA) is 58.6 Å². The maximum atomic E-state index is 13.3. The number of benzene rings is 3. The maximum absolute atomic E-state index is 13.3. The van der Waals surface area contributed by atoms with Crippen LogP contribution in [0.25, 0.3) is 0 Å². The number of aliphatic hydroxyl groups excluding tert-OH is 1. The highest BCUT2D eigenvalue weighted by molar-refractivity contribution is 8.01. The van der Waals surface area contributed by atoms with Crippen LogP contribution in [0.2, 0.25) is 0 Å². The molecule has 1 fully saturated rings. The molecule has 5 heteroatoms. The lowest BCUT2D eigenvalue weighted by Crippen LogP contribution is -2.51. The van der Waals surface area contributed by atoms with Crippen LogP contribution in [0.3, 0.4) is 0 Å². The number of thioether (sulfide) groups is 1. The van der Waals surface area contributed by atoms with Crippen molar-refractivity contribution in [3.63, 3.8) is 0 Å². The first-order chi connectivity index (χ1) is 16.8. The molecule has 0 aromatic heterocycles. The second kappa shape index (κ2) is 10.6. The first kappa shape index (κ1) is 25.5. The van der Waals surface area contributed by atoms with E-state index in [4.69, 9.17) is 4.74 Å². The average Bonchev–Trinajstić information content (AvgIpc) is 3.27. The van der Waals surface area contributed by atoms with Crippen molar-refractivity contribution >= 4 is 17.7 Å². The monoisotopic (exact) mass is 489 g/mol. The van der Waals surface area contributed by atoms with Crippen LogP contribution in [0, 0.1) is 0 Å². The SMILES string of the molecule is CC(C)(C)OC(=O)[C@]1(CCO)C[C@H](SC(c2ccccc2)(c2ccccc2)c2ccccc2)CN1. The van der Waals surface area contributed by atoms with Crippen molar-refractivity contribution < 1.29 is 14.6 Å². The number of carbonyl (C=O) groups is 1. The molecule has 35 heavy (non-hydrogen) atoms. The van der Waals surface area contributed by atoms with Gasteiger partial charge in [-0.15, -0.1) is 11.8 Å². The third-order valence-corrected chi connectivity index (χ3v) is 8.18. The van der Waals surface area contributed by atoms with Crippen LogP contribution in [0.5, 0.6) is 0 Å². The molecular formula is C30H35NO3S. The third-order valence-electron chi connectivity index (χ3n) is 6.46. The van der Waals surface area contributed by atoms with Crippen LogP contribution in [-0.4, -0.2) is 40.6 Å². The van der Waals surface area contributed by atoms with Crippen molar-refractivity contribution in [2.45, 2.75) is 54.7 Å². The van der Waals surface area contributed by atoms with E-state index in [-0.39, 0.29) is 17.8 Å². The van der Waals surface area contributed by atoms with E-state index in [1.807, 2.05) is 50.7 Å². The van der Waals surface area contributed by atoms with Gasteiger partial charge >= 0.3 is 5.97 Å². The quantitative estimate of drug-likeness (QED) is 0.322. The van der Waals surface area contributed by atoms with Gasteiger partial charge in [0, 0.05) is 18.4 Å². The van der Waals surface area contributed by atoms with Crippen molar-refractivity contribution in [3.05, 3.63) is 108 Å². The van der Waals surface area contributed by atoms with Crippen molar-refractivity contribution in [2.75, 3.05) is 13.2 Å². The van der Waals surface area contributed by atoms with E-state index in [2.05, 4.69) is 78.1 Å². The summed E-state index contributed by atoms with van der Waals surface area (Å²) < 4.78 is 5.33. The minimum atomic E-state index is -0.893. The van der Waals surface area contributed by atoms with E-state index in [0.29, 0.717) is 19.4 Å². The van der Waals surface area contributed by atoms with Crippen molar-refractivity contribution in [1.82, 2.24) is 5.32 Å². The molecule has 1 aliphatic rings. The number of hydrogen-bond donors (Lipinski definition) is 2. The largest absolute Gasteiger partial charge is 0.459 e. The second-order valence-corrected chi connectivity index (χ2v) is 11.7. The smallest absolute Gasteiger partial charge is 0.326 e. The number of nitrogens with one attached hydrogen (secondary N) is 1. The fourth-order valence-corrected chi connectivity index (χ4v) is 6.76. The molecule has 0 saturated carbocycles. The molecule has 184 valence electrons. The highest BCUT2D eigenvalue weighted by Crippen LogP contribution is 2.52. The van der Waals surface area contributed by atoms with Gasteiger partial charge in [0.2, 0.25) is 0 Å². The first-order valence-electron chi connectivity index (χ1n) is 12.2.